The second-order valence-corrected chi connectivity index (χ2v) is 6.44. The van der Waals surface area contributed by atoms with Gasteiger partial charge in [-0.15, -0.1) is 0 Å². The number of carbonyl (C=O) groups excluding carboxylic acids is 2. The SMILES string of the molecule is Cc1ccccc1NC(=O)C(C)OC(=O)Cn1c(C(F)(F)F)nc2ccccc21. The van der Waals surface area contributed by atoms with Crippen LogP contribution in [0.1, 0.15) is 18.3 Å². The van der Waals surface area contributed by atoms with Gasteiger partial charge >= 0.3 is 12.1 Å². The summed E-state index contributed by atoms with van der Waals surface area (Å²) in [5.41, 5.74) is 1.63. The van der Waals surface area contributed by atoms with Crippen LogP contribution in [0.2, 0.25) is 0 Å². The van der Waals surface area contributed by atoms with E-state index in [1.807, 2.05) is 6.07 Å². The molecule has 1 heterocycles. The number of fused-ring (bicyclic) bond motifs is 1. The fourth-order valence-electron chi connectivity index (χ4n) is 2.82. The smallest absolute Gasteiger partial charge is 0.449 e. The molecule has 152 valence electrons. The third-order valence-electron chi connectivity index (χ3n) is 4.28. The molecule has 1 aromatic heterocycles. The minimum Gasteiger partial charge on any atom is -0.451 e. The van der Waals surface area contributed by atoms with Crippen LogP contribution < -0.4 is 5.32 Å². The normalized spacial score (nSPS) is 12.6. The van der Waals surface area contributed by atoms with Crippen molar-refractivity contribution in [2.75, 3.05) is 5.32 Å². The summed E-state index contributed by atoms with van der Waals surface area (Å²) in [6, 6.07) is 13.0. The summed E-state index contributed by atoms with van der Waals surface area (Å²) in [6.45, 7) is 2.43. The number of benzene rings is 2. The number of hydrogen-bond donors (Lipinski definition) is 1. The maximum absolute atomic E-state index is 13.3. The van der Waals surface area contributed by atoms with Gasteiger partial charge in [0.15, 0.2) is 6.10 Å². The number of imidazole rings is 1. The van der Waals surface area contributed by atoms with Crippen molar-refractivity contribution in [1.82, 2.24) is 9.55 Å². The molecular formula is C20H18F3N3O3. The number of para-hydroxylation sites is 3. The van der Waals surface area contributed by atoms with Crippen LogP contribution in [-0.4, -0.2) is 27.5 Å². The molecule has 0 fully saturated rings. The van der Waals surface area contributed by atoms with Gasteiger partial charge in [-0.25, -0.2) is 4.98 Å². The number of anilines is 1. The predicted octanol–water partition coefficient (Wildman–Crippen LogP) is 3.93. The zero-order valence-electron chi connectivity index (χ0n) is 15.7. The monoisotopic (exact) mass is 405 g/mol. The molecule has 3 aromatic rings. The van der Waals surface area contributed by atoms with Gasteiger partial charge in [0, 0.05) is 5.69 Å². The molecule has 0 aliphatic heterocycles. The van der Waals surface area contributed by atoms with E-state index in [0.717, 1.165) is 10.1 Å². The molecule has 1 unspecified atom stereocenters. The first-order chi connectivity index (χ1) is 13.7. The Balaban J connectivity index is 1.74. The Morgan fingerprint density at radius 2 is 1.79 bits per heavy atom. The quantitative estimate of drug-likeness (QED) is 0.653. The topological polar surface area (TPSA) is 73.2 Å². The highest BCUT2D eigenvalue weighted by Crippen LogP contribution is 2.31. The summed E-state index contributed by atoms with van der Waals surface area (Å²) >= 11 is 0. The van der Waals surface area contributed by atoms with Crippen molar-refractivity contribution in [3.8, 4) is 0 Å². The summed E-state index contributed by atoms with van der Waals surface area (Å²) in [5, 5.41) is 2.62. The summed E-state index contributed by atoms with van der Waals surface area (Å²) in [5.74, 6) is -2.77. The highest BCUT2D eigenvalue weighted by atomic mass is 19.4. The van der Waals surface area contributed by atoms with Crippen molar-refractivity contribution in [3.63, 3.8) is 0 Å². The molecule has 0 saturated carbocycles. The number of rotatable bonds is 5. The summed E-state index contributed by atoms with van der Waals surface area (Å²) in [7, 11) is 0. The molecule has 0 spiro atoms. The maximum atomic E-state index is 13.3. The summed E-state index contributed by atoms with van der Waals surface area (Å²) in [6.07, 6.45) is -5.93. The number of alkyl halides is 3. The zero-order chi connectivity index (χ0) is 21.2. The van der Waals surface area contributed by atoms with E-state index in [4.69, 9.17) is 4.74 Å². The van der Waals surface area contributed by atoms with E-state index < -0.39 is 36.5 Å². The van der Waals surface area contributed by atoms with Crippen LogP contribution in [0.4, 0.5) is 18.9 Å². The lowest BCUT2D eigenvalue weighted by atomic mass is 10.2. The average Bonchev–Trinajstić information content (AvgIpc) is 3.02. The number of aromatic nitrogens is 2. The van der Waals surface area contributed by atoms with Gasteiger partial charge in [0.05, 0.1) is 11.0 Å². The number of hydrogen-bond acceptors (Lipinski definition) is 4. The molecule has 0 aliphatic rings. The number of esters is 1. The largest absolute Gasteiger partial charge is 0.451 e. The second-order valence-electron chi connectivity index (χ2n) is 6.44. The Hall–Kier alpha value is -3.36. The van der Waals surface area contributed by atoms with Crippen LogP contribution >= 0.6 is 0 Å². The molecule has 0 radical (unpaired) electrons. The highest BCUT2D eigenvalue weighted by Gasteiger charge is 2.38. The van der Waals surface area contributed by atoms with Crippen LogP contribution in [0.3, 0.4) is 0 Å². The number of halogens is 3. The van der Waals surface area contributed by atoms with Crippen LogP contribution in [-0.2, 0) is 27.0 Å². The van der Waals surface area contributed by atoms with E-state index in [0.29, 0.717) is 5.69 Å². The standard InChI is InChI=1S/C20H18F3N3O3/c1-12-7-3-4-8-14(12)24-18(28)13(2)29-17(27)11-26-16-10-6-5-9-15(16)25-19(26)20(21,22)23/h3-10,13H,11H2,1-2H3,(H,24,28). The number of amides is 1. The summed E-state index contributed by atoms with van der Waals surface area (Å²) in [4.78, 5) is 28.1. The highest BCUT2D eigenvalue weighted by molar-refractivity contribution is 5.95. The Bertz CT molecular complexity index is 1060. The molecule has 0 aliphatic carbocycles. The fraction of sp³-hybridized carbons (Fsp3) is 0.250. The third kappa shape index (κ3) is 4.56. The summed E-state index contributed by atoms with van der Waals surface area (Å²) < 4.78 is 45.7. The minimum atomic E-state index is -4.74. The lowest BCUT2D eigenvalue weighted by molar-refractivity contribution is -0.156. The van der Waals surface area contributed by atoms with Gasteiger partial charge < -0.3 is 14.6 Å². The minimum absolute atomic E-state index is 0.109. The number of nitrogens with one attached hydrogen (secondary N) is 1. The first kappa shape index (κ1) is 20.4. The number of carbonyl (C=O) groups is 2. The van der Waals surface area contributed by atoms with Crippen LogP contribution in [0.25, 0.3) is 11.0 Å². The predicted molar refractivity (Wildman–Crippen MR) is 100 cm³/mol. The van der Waals surface area contributed by atoms with Crippen LogP contribution in [0.15, 0.2) is 48.5 Å². The molecular weight excluding hydrogens is 387 g/mol. The maximum Gasteiger partial charge on any atom is 0.449 e. The molecule has 2 aromatic carbocycles. The molecule has 6 nitrogen and oxygen atoms in total. The van der Waals surface area contributed by atoms with Gasteiger partial charge in [-0.05, 0) is 37.6 Å². The molecule has 29 heavy (non-hydrogen) atoms. The van der Waals surface area contributed by atoms with Gasteiger partial charge in [-0.1, -0.05) is 30.3 Å². The Kier molecular flexibility index (Phi) is 5.58. The molecule has 1 amide bonds. The van der Waals surface area contributed by atoms with Gasteiger partial charge in [-0.3, -0.25) is 9.59 Å². The van der Waals surface area contributed by atoms with Crippen LogP contribution in [0, 0.1) is 6.92 Å². The van der Waals surface area contributed by atoms with Crippen molar-refractivity contribution in [2.24, 2.45) is 0 Å². The van der Waals surface area contributed by atoms with E-state index >= 15 is 0 Å². The van der Waals surface area contributed by atoms with Gasteiger partial charge in [0.25, 0.3) is 5.91 Å². The lowest BCUT2D eigenvalue weighted by Crippen LogP contribution is -2.32. The molecule has 3 rings (SSSR count). The molecule has 9 heteroatoms. The van der Waals surface area contributed by atoms with Crippen molar-refractivity contribution in [1.29, 1.82) is 0 Å². The zero-order valence-corrected chi connectivity index (χ0v) is 15.7. The molecule has 0 saturated heterocycles. The van der Waals surface area contributed by atoms with E-state index in [-0.39, 0.29) is 11.0 Å². The Morgan fingerprint density at radius 3 is 2.48 bits per heavy atom. The van der Waals surface area contributed by atoms with Gasteiger partial charge in [0.2, 0.25) is 5.82 Å². The van der Waals surface area contributed by atoms with Gasteiger partial charge in [-0.2, -0.15) is 13.2 Å². The number of aryl methyl sites for hydroxylation is 1. The number of nitrogens with zero attached hydrogens (tertiary/aromatic N) is 2. The van der Waals surface area contributed by atoms with E-state index in [9.17, 15) is 22.8 Å². The van der Waals surface area contributed by atoms with Crippen molar-refractivity contribution in [2.45, 2.75) is 32.7 Å². The molecule has 1 atom stereocenters. The van der Waals surface area contributed by atoms with Gasteiger partial charge in [0.1, 0.15) is 6.54 Å². The number of ether oxygens (including phenoxy) is 1. The molecule has 0 bridgehead atoms. The Morgan fingerprint density at radius 1 is 1.14 bits per heavy atom. The first-order valence-corrected chi connectivity index (χ1v) is 8.75. The lowest BCUT2D eigenvalue weighted by Gasteiger charge is -2.16. The van der Waals surface area contributed by atoms with E-state index in [1.165, 1.54) is 19.1 Å². The first-order valence-electron chi connectivity index (χ1n) is 8.75. The van der Waals surface area contributed by atoms with Crippen molar-refractivity contribution >= 4 is 28.6 Å². The second kappa shape index (κ2) is 7.94. The van der Waals surface area contributed by atoms with Crippen molar-refractivity contribution < 1.29 is 27.5 Å². The van der Waals surface area contributed by atoms with E-state index in [1.54, 1.807) is 37.3 Å². The third-order valence-corrected chi connectivity index (χ3v) is 4.28. The Labute approximate surface area is 164 Å². The van der Waals surface area contributed by atoms with Crippen molar-refractivity contribution in [3.05, 3.63) is 59.9 Å². The molecule has 1 N–H and O–H groups in total. The van der Waals surface area contributed by atoms with Crippen LogP contribution in [0.5, 0.6) is 0 Å². The average molecular weight is 405 g/mol. The fourth-order valence-corrected chi connectivity index (χ4v) is 2.82. The van der Waals surface area contributed by atoms with E-state index in [2.05, 4.69) is 10.3 Å².